The van der Waals surface area contributed by atoms with Crippen LogP contribution in [0.5, 0.6) is 0 Å². The smallest absolute Gasteiger partial charge is 0.401 e. The highest BCUT2D eigenvalue weighted by Crippen LogP contribution is 2.63. The van der Waals surface area contributed by atoms with Crippen LogP contribution in [0.25, 0.3) is 22.3 Å². The van der Waals surface area contributed by atoms with Crippen molar-refractivity contribution in [3.63, 3.8) is 0 Å². The van der Waals surface area contributed by atoms with Gasteiger partial charge in [-0.05, 0) is 18.7 Å². The number of nitrogens with zero attached hydrogens (tertiary/aromatic N) is 9. The van der Waals surface area contributed by atoms with Crippen molar-refractivity contribution in [2.24, 2.45) is 0 Å². The molecule has 0 radical (unpaired) electrons. The number of H-pyrrole nitrogens is 2. The van der Waals surface area contributed by atoms with Crippen LogP contribution in [0.3, 0.4) is 0 Å². The van der Waals surface area contributed by atoms with Crippen LogP contribution in [-0.4, -0.2) is 180 Å². The van der Waals surface area contributed by atoms with Gasteiger partial charge >= 0.3 is 24.0 Å². The molecule has 4 aliphatic rings. The quantitative estimate of drug-likeness (QED) is 0.0255. The van der Waals surface area contributed by atoms with Crippen molar-refractivity contribution in [2.75, 3.05) is 50.7 Å². The van der Waals surface area contributed by atoms with E-state index in [2.05, 4.69) is 53.0 Å². The topological polar surface area (TPSA) is 552 Å². The molecule has 4 aliphatic heterocycles. The molecule has 43 heteroatoms. The predicted octanol–water partition coefficient (Wildman–Crippen LogP) is -7.22. The summed E-state index contributed by atoms with van der Waals surface area (Å²) in [5, 5.41) is 43.4. The minimum absolute atomic E-state index is 0.0141. The van der Waals surface area contributed by atoms with Gasteiger partial charge in [-0.15, -0.1) is 4.58 Å². The number of quaternary nitrogens is 1. The van der Waals surface area contributed by atoms with Gasteiger partial charge in [-0.3, -0.25) is 46.9 Å². The molecule has 0 aliphatic carbocycles. The lowest BCUT2D eigenvalue weighted by atomic mass is 10.1. The highest BCUT2D eigenvalue weighted by molar-refractivity contribution is 8.07. The Morgan fingerprint density at radius 1 is 0.750 bits per heavy atom. The Labute approximate surface area is 427 Å². The van der Waals surface area contributed by atoms with Gasteiger partial charge in [-0.2, -0.15) is 4.98 Å². The first kappa shape index (κ1) is 56.2. The number of aromatic amines is 2. The third-order valence-corrected chi connectivity index (χ3v) is 17.6. The lowest BCUT2D eigenvalue weighted by Gasteiger charge is -2.35. The van der Waals surface area contributed by atoms with E-state index in [1.807, 2.05) is 0 Å². The van der Waals surface area contributed by atoms with Crippen LogP contribution in [0.4, 0.5) is 29.2 Å². The van der Waals surface area contributed by atoms with Gasteiger partial charge in [0.1, 0.15) is 66.8 Å². The van der Waals surface area contributed by atoms with E-state index in [-0.39, 0.29) is 51.5 Å². The highest BCUT2D eigenvalue weighted by Gasteiger charge is 2.54. The molecule has 0 saturated carbocycles. The molecule has 0 aromatic carbocycles. The van der Waals surface area contributed by atoms with Crippen LogP contribution >= 0.6 is 30.2 Å². The molecule has 5 unspecified atom stereocenters. The van der Waals surface area contributed by atoms with E-state index in [1.165, 1.54) is 15.5 Å². The first-order valence-corrected chi connectivity index (χ1v) is 28.7. The minimum Gasteiger partial charge on any atom is -0.756 e. The maximum absolute atomic E-state index is 13.0. The number of hydrogen-bond acceptors (Lipinski definition) is 32. The number of aromatic nitrogens is 10. The van der Waals surface area contributed by atoms with Gasteiger partial charge in [-0.1, -0.05) is 0 Å². The number of phosphoric ester groups is 2. The summed E-state index contributed by atoms with van der Waals surface area (Å²) in [6.45, 7) is -5.77. The largest absolute Gasteiger partial charge is 0.756 e. The molecule has 17 atom stereocenters. The molecule has 9 heterocycles. The van der Waals surface area contributed by atoms with Crippen LogP contribution in [0, 0.1) is 0 Å². The number of imidazole rings is 2. The van der Waals surface area contributed by atoms with Crippen LogP contribution < -0.4 is 47.9 Å². The van der Waals surface area contributed by atoms with Crippen molar-refractivity contribution >= 4 is 99.9 Å². The third-order valence-electron chi connectivity index (χ3n) is 11.9. The Morgan fingerprint density at radius 3 is 2.00 bits per heavy atom. The maximum atomic E-state index is 13.0. The van der Waals surface area contributed by atoms with Crippen LogP contribution in [0.2, 0.25) is 0 Å². The van der Waals surface area contributed by atoms with Crippen LogP contribution in [0.1, 0.15) is 19.4 Å². The fourth-order valence-electron chi connectivity index (χ4n) is 8.54. The Morgan fingerprint density at radius 2 is 1.33 bits per heavy atom. The number of phosphoric acid groups is 3. The summed E-state index contributed by atoms with van der Waals surface area (Å²) in [6.07, 6.45) is -15.0. The first-order valence-electron chi connectivity index (χ1n) is 21.8. The summed E-state index contributed by atoms with van der Waals surface area (Å²) in [4.78, 5) is 104. The molecule has 5 aromatic rings. The molecule has 9 rings (SSSR count). The average Bonchev–Trinajstić information content (AvgIpc) is 4.21. The van der Waals surface area contributed by atoms with E-state index in [1.54, 1.807) is 6.92 Å². The number of ether oxygens (including phenoxy) is 4. The van der Waals surface area contributed by atoms with Crippen molar-refractivity contribution < 1.29 is 109 Å². The van der Waals surface area contributed by atoms with Gasteiger partial charge in [-0.25, -0.2) is 33.5 Å². The Bertz CT molecular complexity index is 3390. The molecule has 38 nitrogen and oxygen atoms in total. The summed E-state index contributed by atoms with van der Waals surface area (Å²) in [6, 6.07) is 0. The zero-order valence-electron chi connectivity index (χ0n) is 38.6. The van der Waals surface area contributed by atoms with Crippen molar-refractivity contribution in [1.29, 1.82) is 0 Å². The number of anilines is 3. The van der Waals surface area contributed by atoms with Gasteiger partial charge < -0.3 is 89.7 Å². The fraction of sp³-hybridized carbons (Fsp3) is 0.545. The van der Waals surface area contributed by atoms with Crippen LogP contribution in [0.15, 0.2) is 28.6 Å². The zero-order chi connectivity index (χ0) is 55.0. The van der Waals surface area contributed by atoms with E-state index in [0.29, 0.717) is 11.4 Å². The number of fused-ring (bicyclic) bond motifs is 3. The lowest BCUT2D eigenvalue weighted by Crippen LogP contribution is -3.06. The molecule has 5 aromatic heterocycles. The van der Waals surface area contributed by atoms with Gasteiger partial charge in [0.15, 0.2) is 35.1 Å². The zero-order valence-corrected chi connectivity index (χ0v) is 43.0. The summed E-state index contributed by atoms with van der Waals surface area (Å²) >= 11 is 5.29. The Balaban J connectivity index is 0.844. The molecular weight excluding hydrogens is 1130 g/mol. The normalized spacial score (nSPS) is 31.8. The van der Waals surface area contributed by atoms with Crippen molar-refractivity contribution in [1.82, 2.24) is 49.0 Å². The maximum Gasteiger partial charge on any atom is 0.401 e. The SMILES string of the molecule is CC[NH+]1C=[N+]([C@@H]2O[C@H](COP(=O)([O-])OP(=O)([O-])OP(=O)([O-])OC[C@H]3O[C@@H](n4cnc5c(N)ncnc54)[C@H](OP(O)(=S)OC[C@H]4O[C@@H](n5cnc6c(=O)[nH]c(N)nc65)[C@H](O)[C@@H]4O)[C@@H]3OC)[C@@H](O)[C@H]2O)c2nc(N)[nH]c(=O)c21. The van der Waals surface area contributed by atoms with E-state index >= 15 is 0 Å². The number of rotatable bonds is 20. The predicted molar refractivity (Wildman–Crippen MR) is 244 cm³/mol. The first-order chi connectivity index (χ1) is 35.7. The number of methoxy groups -OCH3 is 1. The summed E-state index contributed by atoms with van der Waals surface area (Å²) in [5.74, 6) is -0.745. The molecule has 416 valence electrons. The van der Waals surface area contributed by atoms with Gasteiger partial charge in [0, 0.05) is 12.1 Å². The van der Waals surface area contributed by atoms with E-state index < -0.39 is 135 Å². The van der Waals surface area contributed by atoms with Gasteiger partial charge in [0.2, 0.25) is 12.2 Å². The molecule has 0 amide bonds. The summed E-state index contributed by atoms with van der Waals surface area (Å²) in [7, 11) is -17.8. The number of aliphatic hydroxyl groups is 4. The van der Waals surface area contributed by atoms with E-state index in [0.717, 1.165) is 30.7 Å². The second-order valence-electron chi connectivity index (χ2n) is 16.7. The highest BCUT2D eigenvalue weighted by atomic mass is 32.5. The number of aliphatic hydroxyl groups excluding tert-OH is 4. The molecule has 76 heavy (non-hydrogen) atoms. The Kier molecular flexibility index (Phi) is 15.7. The molecule has 3 saturated heterocycles. The molecule has 0 spiro atoms. The second-order valence-corrected chi connectivity index (χ2v) is 24.0. The number of nitrogen functional groups attached to an aromatic ring is 3. The van der Waals surface area contributed by atoms with Crippen molar-refractivity contribution in [2.45, 2.75) is 80.5 Å². The second kappa shape index (κ2) is 21.2. The van der Waals surface area contributed by atoms with E-state index in [4.69, 9.17) is 61.5 Å². The summed E-state index contributed by atoms with van der Waals surface area (Å²) in [5.41, 5.74) is 15.8. The third kappa shape index (κ3) is 11.2. The summed E-state index contributed by atoms with van der Waals surface area (Å²) < 4.78 is 93.6. The number of nitrogens with two attached hydrogens (primary N) is 3. The van der Waals surface area contributed by atoms with Gasteiger partial charge in [0.25, 0.3) is 41.1 Å². The minimum atomic E-state index is -6.51. The Hall–Kier alpha value is -4.57. The number of nitrogens with one attached hydrogen (secondary N) is 3. The fourth-order valence-corrected chi connectivity index (χ4v) is 13.3. The van der Waals surface area contributed by atoms with E-state index in [9.17, 15) is 63.3 Å². The monoisotopic (exact) mass is 1170 g/mol. The van der Waals surface area contributed by atoms with Gasteiger partial charge in [0.05, 0.1) is 39.0 Å². The molecule has 0 bridgehead atoms. The molecule has 14 N–H and O–H groups in total. The standard InChI is InChI=1S/C33H45N15O23P4S/c1-3-45-10-48(26-16(45)28(54)44-33(36)42-26)30-20(52)17(49)11(67-30)4-63-72(55,56)70-74(59,60)71-73(57,58)64-6-13-21(62-2)22(31(68-13)46-8-39-14-23(34)37-7-38-24(14)46)69-75(61,76)65-5-12-18(50)19(51)29(66-12)47-9-40-15-25(47)41-32(35)43-27(15)53/h7-13,17-22,29-31,49-52H,3-6H2,1-2H3,(H11-,34,35,36,37,38,41,42,43,44,53,54,55,56,57,58,59,60,61,76)/p-1/t11-,12-,13-,17-,18-,19-,20-,21-,22-,29-,30-,31-,75?/m1/s1. The average molecular weight is 1170 g/mol. The van der Waals surface area contributed by atoms with Crippen molar-refractivity contribution in [3.05, 3.63) is 39.7 Å². The number of hydrogen-bond donors (Lipinski definition) is 11. The lowest BCUT2D eigenvalue weighted by molar-refractivity contribution is -0.737. The van der Waals surface area contributed by atoms with Crippen molar-refractivity contribution in [3.8, 4) is 0 Å². The molecular formula is C33H44N15O23P4S-. The van der Waals surface area contributed by atoms with Crippen LogP contribution in [-0.2, 0) is 71.2 Å². The molecule has 3 fully saturated rings.